The Labute approximate surface area is 194 Å². The highest BCUT2D eigenvalue weighted by molar-refractivity contribution is 7.89. The summed E-state index contributed by atoms with van der Waals surface area (Å²) in [5.41, 5.74) is 0.193. The maximum absolute atomic E-state index is 12.5. The number of hydrogen-bond acceptors (Lipinski definition) is 8. The predicted octanol–water partition coefficient (Wildman–Crippen LogP) is 2.63. The summed E-state index contributed by atoms with van der Waals surface area (Å²) in [4.78, 5) is 36.0. The largest absolute Gasteiger partial charge is 0.457 e. The van der Waals surface area contributed by atoms with E-state index in [0.717, 1.165) is 6.07 Å². The fourth-order valence-electron chi connectivity index (χ4n) is 2.95. The number of sulfonamides is 1. The topological polar surface area (TPSA) is 141 Å². The van der Waals surface area contributed by atoms with Crippen molar-refractivity contribution in [1.29, 1.82) is 0 Å². The van der Waals surface area contributed by atoms with E-state index in [2.05, 4.69) is 16.0 Å². The van der Waals surface area contributed by atoms with Gasteiger partial charge in [0.2, 0.25) is 10.0 Å². The van der Waals surface area contributed by atoms with Gasteiger partial charge in [0, 0.05) is 28.8 Å². The third-order valence-electron chi connectivity index (χ3n) is 4.46. The van der Waals surface area contributed by atoms with E-state index in [1.165, 1.54) is 30.3 Å². The first-order valence-corrected chi connectivity index (χ1v) is 11.4. The average molecular weight is 484 g/mol. The SMILES string of the molecule is C#CCNS(=O)(=O)c1cccc(C(=O)OCc2cc(=O)oc3cc(NC(=O)OCC)ccc23)c1. The molecule has 1 amide bonds. The van der Waals surface area contributed by atoms with Crippen LogP contribution in [0.3, 0.4) is 0 Å². The number of hydrogen-bond donors (Lipinski definition) is 2. The van der Waals surface area contributed by atoms with Crippen molar-refractivity contribution in [2.24, 2.45) is 0 Å². The summed E-state index contributed by atoms with van der Waals surface area (Å²) >= 11 is 0. The maximum atomic E-state index is 12.5. The van der Waals surface area contributed by atoms with E-state index >= 15 is 0 Å². The standard InChI is InChI=1S/C23H20N2O8S/c1-3-10-24-34(29,30)18-7-5-6-15(11-18)22(27)32-14-16-12-21(26)33-20-13-17(8-9-19(16)20)25-23(28)31-4-2/h1,5-9,11-13,24H,4,10,14H2,2H3,(H,25,28). The molecule has 2 aromatic carbocycles. The number of amides is 1. The molecular formula is C23H20N2O8S. The Morgan fingerprint density at radius 1 is 1.12 bits per heavy atom. The molecule has 176 valence electrons. The number of carbonyl (C=O) groups excluding carboxylic acids is 2. The molecule has 2 N–H and O–H groups in total. The molecule has 0 saturated carbocycles. The summed E-state index contributed by atoms with van der Waals surface area (Å²) in [5, 5.41) is 2.99. The fraction of sp³-hybridized carbons (Fsp3) is 0.174. The van der Waals surface area contributed by atoms with Crippen molar-refractivity contribution < 1.29 is 31.9 Å². The van der Waals surface area contributed by atoms with Gasteiger partial charge in [-0.25, -0.2) is 22.8 Å². The normalized spacial score (nSPS) is 10.9. The van der Waals surface area contributed by atoms with E-state index in [1.807, 2.05) is 0 Å². The molecule has 0 unspecified atom stereocenters. The van der Waals surface area contributed by atoms with Crippen LogP contribution in [0.25, 0.3) is 11.0 Å². The highest BCUT2D eigenvalue weighted by Gasteiger charge is 2.17. The van der Waals surface area contributed by atoms with Gasteiger partial charge >= 0.3 is 17.7 Å². The minimum absolute atomic E-state index is 0.00298. The van der Waals surface area contributed by atoms with Crippen LogP contribution < -0.4 is 15.7 Å². The Balaban J connectivity index is 1.79. The van der Waals surface area contributed by atoms with Gasteiger partial charge in [-0.05, 0) is 37.3 Å². The molecule has 1 heterocycles. The molecule has 0 fully saturated rings. The van der Waals surface area contributed by atoms with Crippen molar-refractivity contribution in [2.45, 2.75) is 18.4 Å². The van der Waals surface area contributed by atoms with E-state index < -0.39 is 27.7 Å². The molecular weight excluding hydrogens is 464 g/mol. The van der Waals surface area contributed by atoms with Crippen LogP contribution in [0.15, 0.2) is 62.6 Å². The van der Waals surface area contributed by atoms with E-state index in [9.17, 15) is 22.8 Å². The van der Waals surface area contributed by atoms with Crippen LogP contribution in [0.2, 0.25) is 0 Å². The molecule has 11 heteroatoms. The van der Waals surface area contributed by atoms with Crippen LogP contribution >= 0.6 is 0 Å². The van der Waals surface area contributed by atoms with Crippen LogP contribution in [0.1, 0.15) is 22.8 Å². The number of benzene rings is 2. The van der Waals surface area contributed by atoms with Crippen LogP contribution in [0.4, 0.5) is 10.5 Å². The van der Waals surface area contributed by atoms with Crippen molar-refractivity contribution in [1.82, 2.24) is 4.72 Å². The van der Waals surface area contributed by atoms with Crippen LogP contribution in [0, 0.1) is 12.3 Å². The van der Waals surface area contributed by atoms with Crippen molar-refractivity contribution in [3.63, 3.8) is 0 Å². The maximum Gasteiger partial charge on any atom is 0.411 e. The smallest absolute Gasteiger partial charge is 0.411 e. The van der Waals surface area contributed by atoms with Crippen LogP contribution in [0.5, 0.6) is 0 Å². The molecule has 0 aliphatic carbocycles. The van der Waals surface area contributed by atoms with Gasteiger partial charge in [-0.3, -0.25) is 5.32 Å². The lowest BCUT2D eigenvalue weighted by Gasteiger charge is -2.10. The Kier molecular flexibility index (Phi) is 7.68. The Bertz CT molecular complexity index is 1440. The van der Waals surface area contributed by atoms with E-state index in [4.69, 9.17) is 20.3 Å². The zero-order valence-corrected chi connectivity index (χ0v) is 18.8. The summed E-state index contributed by atoms with van der Waals surface area (Å²) < 4.78 is 41.9. The predicted molar refractivity (Wildman–Crippen MR) is 123 cm³/mol. The molecule has 0 atom stereocenters. The minimum Gasteiger partial charge on any atom is -0.457 e. The van der Waals surface area contributed by atoms with Crippen molar-refractivity contribution >= 4 is 38.7 Å². The van der Waals surface area contributed by atoms with E-state index in [1.54, 1.807) is 19.1 Å². The first-order chi connectivity index (χ1) is 16.2. The fourth-order valence-corrected chi connectivity index (χ4v) is 3.93. The van der Waals surface area contributed by atoms with Crippen LogP contribution in [-0.2, 0) is 26.1 Å². The number of ether oxygens (including phenoxy) is 2. The molecule has 10 nitrogen and oxygen atoms in total. The van der Waals surface area contributed by atoms with Gasteiger partial charge in [0.15, 0.2) is 0 Å². The second-order valence-corrected chi connectivity index (χ2v) is 8.55. The highest BCUT2D eigenvalue weighted by atomic mass is 32.2. The lowest BCUT2D eigenvalue weighted by atomic mass is 10.1. The van der Waals surface area contributed by atoms with Crippen molar-refractivity contribution in [3.8, 4) is 12.3 Å². The molecule has 0 aliphatic heterocycles. The molecule has 0 radical (unpaired) electrons. The lowest BCUT2D eigenvalue weighted by Crippen LogP contribution is -2.24. The number of carbonyl (C=O) groups is 2. The molecule has 0 aliphatic rings. The summed E-state index contributed by atoms with van der Waals surface area (Å²) in [5.74, 6) is 1.37. The van der Waals surface area contributed by atoms with Crippen molar-refractivity contribution in [3.05, 3.63) is 70.1 Å². The summed E-state index contributed by atoms with van der Waals surface area (Å²) in [7, 11) is -3.89. The molecule has 34 heavy (non-hydrogen) atoms. The summed E-state index contributed by atoms with van der Waals surface area (Å²) in [6.07, 6.45) is 4.42. The van der Waals surface area contributed by atoms with Gasteiger partial charge in [0.25, 0.3) is 0 Å². The first kappa shape index (κ1) is 24.5. The van der Waals surface area contributed by atoms with Gasteiger partial charge in [-0.2, -0.15) is 4.72 Å². The third-order valence-corrected chi connectivity index (χ3v) is 5.85. The zero-order valence-electron chi connectivity index (χ0n) is 18.0. The summed E-state index contributed by atoms with van der Waals surface area (Å²) in [6.45, 7) is 1.38. The number of esters is 1. The van der Waals surface area contributed by atoms with Gasteiger partial charge in [-0.15, -0.1) is 6.42 Å². The number of nitrogens with one attached hydrogen (secondary N) is 2. The van der Waals surface area contributed by atoms with Gasteiger partial charge in [0.05, 0.1) is 23.6 Å². The molecule has 0 saturated heterocycles. The quantitative estimate of drug-likeness (QED) is 0.282. The van der Waals surface area contributed by atoms with Gasteiger partial charge in [0.1, 0.15) is 12.2 Å². The highest BCUT2D eigenvalue weighted by Crippen LogP contribution is 2.22. The molecule has 0 spiro atoms. The first-order valence-electron chi connectivity index (χ1n) is 9.94. The van der Waals surface area contributed by atoms with Gasteiger partial charge in [-0.1, -0.05) is 12.0 Å². The second kappa shape index (κ2) is 10.7. The Hall–Kier alpha value is -4.14. The Morgan fingerprint density at radius 2 is 1.91 bits per heavy atom. The zero-order chi connectivity index (χ0) is 24.7. The van der Waals surface area contributed by atoms with Gasteiger partial charge < -0.3 is 13.9 Å². The number of anilines is 1. The Morgan fingerprint density at radius 3 is 2.65 bits per heavy atom. The average Bonchev–Trinajstić information content (AvgIpc) is 2.81. The third kappa shape index (κ3) is 6.00. The lowest BCUT2D eigenvalue weighted by molar-refractivity contribution is 0.0473. The number of terminal acetylenes is 1. The van der Waals surface area contributed by atoms with Crippen molar-refractivity contribution in [2.75, 3.05) is 18.5 Å². The number of rotatable bonds is 8. The molecule has 1 aromatic heterocycles. The molecule has 3 aromatic rings. The summed E-state index contributed by atoms with van der Waals surface area (Å²) in [6, 6.07) is 11.0. The monoisotopic (exact) mass is 484 g/mol. The number of fused-ring (bicyclic) bond motifs is 1. The van der Waals surface area contributed by atoms with Crippen LogP contribution in [-0.4, -0.2) is 33.6 Å². The van der Waals surface area contributed by atoms with E-state index in [0.29, 0.717) is 16.6 Å². The van der Waals surface area contributed by atoms with E-state index in [-0.39, 0.29) is 35.8 Å². The molecule has 0 bridgehead atoms. The molecule has 3 rings (SSSR count). The second-order valence-electron chi connectivity index (χ2n) is 6.78. The minimum atomic E-state index is -3.89.